The van der Waals surface area contributed by atoms with Gasteiger partial charge in [-0.15, -0.1) is 10.2 Å². The number of fused-ring (bicyclic) bond motifs is 1. The molecule has 4 aromatic rings. The Morgan fingerprint density at radius 1 is 1.23 bits per heavy atom. The molecule has 132 valence electrons. The average molecular weight is 366 g/mol. The number of nitrogens with one attached hydrogen (secondary N) is 1. The van der Waals surface area contributed by atoms with E-state index in [0.29, 0.717) is 29.0 Å². The predicted molar refractivity (Wildman–Crippen MR) is 101 cm³/mol. The van der Waals surface area contributed by atoms with Crippen LogP contribution < -0.4 is 0 Å². The highest BCUT2D eigenvalue weighted by atomic mass is 32.2. The number of hydrogen-bond donors (Lipinski definition) is 1. The summed E-state index contributed by atoms with van der Waals surface area (Å²) in [7, 11) is 0. The minimum atomic E-state index is 0.0788. The van der Waals surface area contributed by atoms with E-state index in [1.165, 1.54) is 11.8 Å². The van der Waals surface area contributed by atoms with Crippen molar-refractivity contribution >= 4 is 28.4 Å². The van der Waals surface area contributed by atoms with E-state index >= 15 is 0 Å². The van der Waals surface area contributed by atoms with Crippen molar-refractivity contribution < 1.29 is 9.21 Å². The van der Waals surface area contributed by atoms with E-state index in [1.54, 1.807) is 6.26 Å². The highest BCUT2D eigenvalue weighted by molar-refractivity contribution is 7.99. The Labute approximate surface area is 154 Å². The van der Waals surface area contributed by atoms with Crippen molar-refractivity contribution in [2.45, 2.75) is 25.5 Å². The molecule has 1 aromatic carbocycles. The Hall–Kier alpha value is -2.80. The Morgan fingerprint density at radius 3 is 2.85 bits per heavy atom. The van der Waals surface area contributed by atoms with Crippen LogP contribution in [0.4, 0.5) is 0 Å². The lowest BCUT2D eigenvalue weighted by Crippen LogP contribution is -2.06. The Balaban J connectivity index is 1.57. The lowest BCUT2D eigenvalue weighted by Gasteiger charge is -2.05. The molecule has 0 aliphatic heterocycles. The van der Waals surface area contributed by atoms with Gasteiger partial charge in [0.2, 0.25) is 0 Å². The third kappa shape index (κ3) is 2.84. The minimum Gasteiger partial charge on any atom is -0.461 e. The number of H-pyrrole nitrogens is 1. The third-order valence-corrected chi connectivity index (χ3v) is 5.25. The average Bonchev–Trinajstić information content (AvgIpc) is 3.36. The summed E-state index contributed by atoms with van der Waals surface area (Å²) in [6, 6.07) is 11.5. The van der Waals surface area contributed by atoms with E-state index in [9.17, 15) is 4.79 Å². The highest BCUT2D eigenvalue weighted by Gasteiger charge is 2.19. The van der Waals surface area contributed by atoms with Crippen molar-refractivity contribution in [3.05, 3.63) is 53.9 Å². The van der Waals surface area contributed by atoms with Gasteiger partial charge in [-0.2, -0.15) is 0 Å². The Morgan fingerprint density at radius 2 is 2.08 bits per heavy atom. The predicted octanol–water partition coefficient (Wildman–Crippen LogP) is 4.32. The smallest absolute Gasteiger partial charge is 0.200 e. The first-order chi connectivity index (χ1) is 12.7. The van der Waals surface area contributed by atoms with E-state index in [1.807, 2.05) is 54.8 Å². The zero-order valence-electron chi connectivity index (χ0n) is 14.5. The van der Waals surface area contributed by atoms with Gasteiger partial charge in [0, 0.05) is 28.7 Å². The fourth-order valence-corrected chi connectivity index (χ4v) is 3.98. The quantitative estimate of drug-likeness (QED) is 0.406. The zero-order chi connectivity index (χ0) is 18.1. The summed E-state index contributed by atoms with van der Waals surface area (Å²) in [6.45, 7) is 4.65. The normalized spacial score (nSPS) is 11.3. The zero-order valence-corrected chi connectivity index (χ0v) is 15.3. The summed E-state index contributed by atoms with van der Waals surface area (Å²) in [6.07, 6.45) is 1.61. The standard InChI is InChI=1S/C19H18N4O2S/c1-3-23-18(16-9-6-10-25-16)21-22-19(23)26-11-15(24)17-12(2)20-14-8-5-4-7-13(14)17/h4-10,20H,3,11H2,1-2H3. The maximum Gasteiger partial charge on any atom is 0.200 e. The first-order valence-corrected chi connectivity index (χ1v) is 9.38. The number of para-hydroxylation sites is 1. The van der Waals surface area contributed by atoms with Crippen molar-refractivity contribution in [2.75, 3.05) is 5.75 Å². The van der Waals surface area contributed by atoms with Crippen LogP contribution >= 0.6 is 11.8 Å². The van der Waals surface area contributed by atoms with Gasteiger partial charge in [0.25, 0.3) is 0 Å². The van der Waals surface area contributed by atoms with Crippen LogP contribution in [0, 0.1) is 6.92 Å². The van der Waals surface area contributed by atoms with Gasteiger partial charge in [-0.3, -0.25) is 9.36 Å². The molecule has 3 heterocycles. The lowest BCUT2D eigenvalue weighted by molar-refractivity contribution is 0.102. The van der Waals surface area contributed by atoms with Crippen LogP contribution in [0.5, 0.6) is 0 Å². The van der Waals surface area contributed by atoms with Gasteiger partial charge >= 0.3 is 0 Å². The molecule has 6 nitrogen and oxygen atoms in total. The minimum absolute atomic E-state index is 0.0788. The summed E-state index contributed by atoms with van der Waals surface area (Å²) in [4.78, 5) is 16.1. The lowest BCUT2D eigenvalue weighted by atomic mass is 10.1. The van der Waals surface area contributed by atoms with Crippen molar-refractivity contribution in [2.24, 2.45) is 0 Å². The van der Waals surface area contributed by atoms with Gasteiger partial charge in [0.05, 0.1) is 12.0 Å². The first kappa shape index (κ1) is 16.7. The van der Waals surface area contributed by atoms with Gasteiger partial charge in [-0.1, -0.05) is 30.0 Å². The van der Waals surface area contributed by atoms with Crippen LogP contribution in [0.2, 0.25) is 0 Å². The third-order valence-electron chi connectivity index (χ3n) is 4.28. The molecule has 0 saturated carbocycles. The van der Waals surface area contributed by atoms with Crippen molar-refractivity contribution in [1.29, 1.82) is 0 Å². The molecule has 0 spiro atoms. The molecule has 26 heavy (non-hydrogen) atoms. The molecular formula is C19H18N4O2S. The van der Waals surface area contributed by atoms with Crippen LogP contribution in [0.1, 0.15) is 23.0 Å². The van der Waals surface area contributed by atoms with Gasteiger partial charge < -0.3 is 9.40 Å². The van der Waals surface area contributed by atoms with Gasteiger partial charge in [0.1, 0.15) is 0 Å². The number of aromatic nitrogens is 4. The molecule has 0 atom stereocenters. The molecule has 0 bridgehead atoms. The monoisotopic (exact) mass is 366 g/mol. The number of aryl methyl sites for hydroxylation is 1. The maximum atomic E-state index is 12.8. The molecule has 7 heteroatoms. The van der Waals surface area contributed by atoms with Crippen LogP contribution in [0.25, 0.3) is 22.5 Å². The topological polar surface area (TPSA) is 76.7 Å². The van der Waals surface area contributed by atoms with Gasteiger partial charge in [-0.05, 0) is 32.0 Å². The van der Waals surface area contributed by atoms with E-state index in [2.05, 4.69) is 15.2 Å². The molecule has 0 amide bonds. The Kier molecular flexibility index (Phi) is 4.38. The molecule has 3 aromatic heterocycles. The fourth-order valence-electron chi connectivity index (χ4n) is 3.11. The van der Waals surface area contributed by atoms with E-state index in [0.717, 1.165) is 22.2 Å². The summed E-state index contributed by atoms with van der Waals surface area (Å²) in [5, 5.41) is 10.1. The van der Waals surface area contributed by atoms with E-state index < -0.39 is 0 Å². The van der Waals surface area contributed by atoms with Crippen LogP contribution in [0.15, 0.2) is 52.2 Å². The molecule has 4 rings (SSSR count). The fraction of sp³-hybridized carbons (Fsp3) is 0.211. The number of Topliss-reactive ketones (excluding diaryl/α,β-unsaturated/α-hetero) is 1. The number of carbonyl (C=O) groups excluding carboxylic acids is 1. The maximum absolute atomic E-state index is 12.8. The second-order valence-corrected chi connectivity index (χ2v) is 6.85. The van der Waals surface area contributed by atoms with Crippen molar-refractivity contribution in [3.8, 4) is 11.6 Å². The van der Waals surface area contributed by atoms with Crippen LogP contribution in [-0.4, -0.2) is 31.3 Å². The SMILES string of the molecule is CCn1c(SCC(=O)c2c(C)[nH]c3ccccc23)nnc1-c1ccco1. The number of furan rings is 1. The van der Waals surface area contributed by atoms with Crippen LogP contribution in [0.3, 0.4) is 0 Å². The highest BCUT2D eigenvalue weighted by Crippen LogP contribution is 2.27. The number of hydrogen-bond acceptors (Lipinski definition) is 5. The van der Waals surface area contributed by atoms with Crippen LogP contribution in [-0.2, 0) is 6.54 Å². The van der Waals surface area contributed by atoms with Crippen molar-refractivity contribution in [3.63, 3.8) is 0 Å². The number of rotatable bonds is 6. The largest absolute Gasteiger partial charge is 0.461 e. The number of thioether (sulfide) groups is 1. The number of nitrogens with zero attached hydrogens (tertiary/aromatic N) is 3. The summed E-state index contributed by atoms with van der Waals surface area (Å²) in [5.41, 5.74) is 2.63. The molecule has 0 aliphatic rings. The van der Waals surface area contributed by atoms with Gasteiger partial charge in [0.15, 0.2) is 22.5 Å². The van der Waals surface area contributed by atoms with E-state index in [4.69, 9.17) is 4.42 Å². The van der Waals surface area contributed by atoms with Crippen molar-refractivity contribution in [1.82, 2.24) is 19.7 Å². The first-order valence-electron chi connectivity index (χ1n) is 8.39. The summed E-state index contributed by atoms with van der Waals surface area (Å²) < 4.78 is 7.38. The second-order valence-electron chi connectivity index (χ2n) is 5.91. The molecule has 0 radical (unpaired) electrons. The molecule has 0 unspecified atom stereocenters. The van der Waals surface area contributed by atoms with E-state index in [-0.39, 0.29) is 5.78 Å². The Bertz CT molecular complexity index is 1060. The summed E-state index contributed by atoms with van der Waals surface area (Å²) in [5.74, 6) is 1.73. The summed E-state index contributed by atoms with van der Waals surface area (Å²) >= 11 is 1.40. The number of benzene rings is 1. The number of carbonyl (C=O) groups is 1. The molecular weight excluding hydrogens is 348 g/mol. The molecule has 0 fully saturated rings. The van der Waals surface area contributed by atoms with Gasteiger partial charge in [-0.25, -0.2) is 0 Å². The molecule has 1 N–H and O–H groups in total. The molecule has 0 saturated heterocycles. The number of ketones is 1. The second kappa shape index (κ2) is 6.84. The number of aromatic amines is 1. The molecule has 0 aliphatic carbocycles.